The van der Waals surface area contributed by atoms with E-state index in [2.05, 4.69) is 28.0 Å². The summed E-state index contributed by atoms with van der Waals surface area (Å²) >= 11 is 5.84. The zero-order valence-electron chi connectivity index (χ0n) is 14.4. The molecule has 0 fully saturated rings. The van der Waals surface area contributed by atoms with Crippen molar-refractivity contribution in [2.24, 2.45) is 5.10 Å². The molecule has 2 amide bonds. The smallest absolute Gasteiger partial charge is 0.259 e. The van der Waals surface area contributed by atoms with Crippen molar-refractivity contribution in [2.75, 3.05) is 6.54 Å². The third-order valence-electron chi connectivity index (χ3n) is 3.62. The van der Waals surface area contributed by atoms with Crippen molar-refractivity contribution >= 4 is 29.6 Å². The molecule has 0 bridgehead atoms. The molecule has 0 aliphatic rings. The van der Waals surface area contributed by atoms with Crippen LogP contribution < -0.4 is 10.7 Å². The van der Waals surface area contributed by atoms with Gasteiger partial charge in [0, 0.05) is 16.1 Å². The lowest BCUT2D eigenvalue weighted by Crippen LogP contribution is -2.34. The maximum absolute atomic E-state index is 11.9. The highest BCUT2D eigenvalue weighted by Crippen LogP contribution is 2.14. The predicted octanol–water partition coefficient (Wildman–Crippen LogP) is 3.15. The normalized spacial score (nSPS) is 10.7. The number of rotatable bonds is 5. The van der Waals surface area contributed by atoms with Crippen molar-refractivity contribution in [1.82, 2.24) is 10.7 Å². The molecular formula is C19H20ClN3O2. The van der Waals surface area contributed by atoms with Gasteiger partial charge >= 0.3 is 0 Å². The SMILES string of the molecule is Cc1cc(C)c(/C=N\NC(=O)CNC(=O)c2cccc(Cl)c2)c(C)c1. The van der Waals surface area contributed by atoms with Crippen molar-refractivity contribution in [1.29, 1.82) is 0 Å². The molecular weight excluding hydrogens is 338 g/mol. The van der Waals surface area contributed by atoms with Crippen LogP contribution in [0.1, 0.15) is 32.6 Å². The van der Waals surface area contributed by atoms with Crippen molar-refractivity contribution in [2.45, 2.75) is 20.8 Å². The molecule has 2 aromatic rings. The van der Waals surface area contributed by atoms with Crippen LogP contribution in [0.2, 0.25) is 5.02 Å². The van der Waals surface area contributed by atoms with E-state index in [1.807, 2.05) is 20.8 Å². The molecule has 130 valence electrons. The number of halogens is 1. The van der Waals surface area contributed by atoms with Crippen LogP contribution in [0.25, 0.3) is 0 Å². The lowest BCUT2D eigenvalue weighted by Gasteiger charge is -2.07. The number of hydrogen-bond donors (Lipinski definition) is 2. The number of nitrogens with zero attached hydrogens (tertiary/aromatic N) is 1. The van der Waals surface area contributed by atoms with Crippen LogP contribution >= 0.6 is 11.6 Å². The van der Waals surface area contributed by atoms with E-state index >= 15 is 0 Å². The highest BCUT2D eigenvalue weighted by Gasteiger charge is 2.08. The van der Waals surface area contributed by atoms with E-state index < -0.39 is 5.91 Å². The number of aryl methyl sites for hydroxylation is 3. The number of carbonyl (C=O) groups is 2. The van der Waals surface area contributed by atoms with Gasteiger partial charge in [-0.2, -0.15) is 5.10 Å². The first-order valence-corrected chi connectivity index (χ1v) is 8.18. The van der Waals surface area contributed by atoms with Crippen LogP contribution in [0.15, 0.2) is 41.5 Å². The van der Waals surface area contributed by atoms with Crippen LogP contribution in [0.3, 0.4) is 0 Å². The second-order valence-corrected chi connectivity index (χ2v) is 6.24. The lowest BCUT2D eigenvalue weighted by atomic mass is 10.0. The second kappa shape index (κ2) is 8.44. The van der Waals surface area contributed by atoms with Crippen LogP contribution in [0.4, 0.5) is 0 Å². The Bertz CT molecular complexity index is 808. The molecule has 2 aromatic carbocycles. The van der Waals surface area contributed by atoms with Gasteiger partial charge < -0.3 is 5.32 Å². The summed E-state index contributed by atoms with van der Waals surface area (Å²) in [5.74, 6) is -0.777. The Hall–Kier alpha value is -2.66. The van der Waals surface area contributed by atoms with E-state index in [4.69, 9.17) is 11.6 Å². The monoisotopic (exact) mass is 357 g/mol. The zero-order chi connectivity index (χ0) is 18.4. The Morgan fingerprint density at radius 2 is 1.80 bits per heavy atom. The molecule has 2 N–H and O–H groups in total. The highest BCUT2D eigenvalue weighted by atomic mass is 35.5. The summed E-state index contributed by atoms with van der Waals surface area (Å²) in [5.41, 5.74) is 7.13. The van der Waals surface area contributed by atoms with E-state index in [0.717, 1.165) is 16.7 Å². The van der Waals surface area contributed by atoms with Gasteiger partial charge in [-0.15, -0.1) is 0 Å². The van der Waals surface area contributed by atoms with Gasteiger partial charge in [0.15, 0.2) is 0 Å². The summed E-state index contributed by atoms with van der Waals surface area (Å²) in [6.07, 6.45) is 1.61. The van der Waals surface area contributed by atoms with Gasteiger partial charge in [0.25, 0.3) is 11.8 Å². The lowest BCUT2D eigenvalue weighted by molar-refractivity contribution is -0.120. The van der Waals surface area contributed by atoms with Crippen LogP contribution in [-0.4, -0.2) is 24.6 Å². The van der Waals surface area contributed by atoms with Gasteiger partial charge in [-0.3, -0.25) is 9.59 Å². The van der Waals surface area contributed by atoms with E-state index in [0.29, 0.717) is 10.6 Å². The summed E-state index contributed by atoms with van der Waals surface area (Å²) < 4.78 is 0. The molecule has 6 heteroatoms. The molecule has 0 saturated carbocycles. The molecule has 25 heavy (non-hydrogen) atoms. The van der Waals surface area contributed by atoms with Crippen LogP contribution in [0, 0.1) is 20.8 Å². The fraction of sp³-hybridized carbons (Fsp3) is 0.211. The van der Waals surface area contributed by atoms with Gasteiger partial charge in [0.1, 0.15) is 0 Å². The fourth-order valence-corrected chi connectivity index (χ4v) is 2.69. The molecule has 2 rings (SSSR count). The summed E-state index contributed by atoms with van der Waals surface area (Å²) in [5, 5.41) is 6.95. The van der Waals surface area contributed by atoms with Gasteiger partial charge in [-0.05, 0) is 50.1 Å². The molecule has 0 aliphatic carbocycles. The molecule has 0 spiro atoms. The number of benzene rings is 2. The first kappa shape index (κ1) is 18.7. The molecule has 0 aliphatic heterocycles. The molecule has 0 radical (unpaired) electrons. The Morgan fingerprint density at radius 3 is 2.44 bits per heavy atom. The third kappa shape index (κ3) is 5.43. The maximum Gasteiger partial charge on any atom is 0.259 e. The number of hydrazone groups is 1. The molecule has 5 nitrogen and oxygen atoms in total. The molecule has 0 aromatic heterocycles. The van der Waals surface area contributed by atoms with E-state index in [-0.39, 0.29) is 12.5 Å². The minimum Gasteiger partial charge on any atom is -0.343 e. The zero-order valence-corrected chi connectivity index (χ0v) is 15.1. The number of nitrogens with one attached hydrogen (secondary N) is 2. The summed E-state index contributed by atoms with van der Waals surface area (Å²) in [7, 11) is 0. The Labute approximate surface area is 152 Å². The van der Waals surface area contributed by atoms with Crippen molar-refractivity contribution in [3.63, 3.8) is 0 Å². The number of amides is 2. The first-order chi connectivity index (χ1) is 11.9. The van der Waals surface area contributed by atoms with Crippen molar-refractivity contribution < 1.29 is 9.59 Å². The van der Waals surface area contributed by atoms with Gasteiger partial charge in [-0.25, -0.2) is 5.43 Å². The second-order valence-electron chi connectivity index (χ2n) is 5.80. The quantitative estimate of drug-likeness (QED) is 0.637. The predicted molar refractivity (Wildman–Crippen MR) is 100 cm³/mol. The maximum atomic E-state index is 11.9. The van der Waals surface area contributed by atoms with Gasteiger partial charge in [0.2, 0.25) is 0 Å². The highest BCUT2D eigenvalue weighted by molar-refractivity contribution is 6.30. The first-order valence-electron chi connectivity index (χ1n) is 7.80. The molecule has 0 unspecified atom stereocenters. The summed E-state index contributed by atoms with van der Waals surface area (Å²) in [4.78, 5) is 23.7. The third-order valence-corrected chi connectivity index (χ3v) is 3.85. The summed E-state index contributed by atoms with van der Waals surface area (Å²) in [6.45, 7) is 5.85. The minimum atomic E-state index is -0.408. The molecule has 0 saturated heterocycles. The van der Waals surface area contributed by atoms with Crippen molar-refractivity contribution in [3.05, 3.63) is 69.2 Å². The van der Waals surface area contributed by atoms with Crippen LogP contribution in [0.5, 0.6) is 0 Å². The fourth-order valence-electron chi connectivity index (χ4n) is 2.50. The Morgan fingerprint density at radius 1 is 1.12 bits per heavy atom. The average molecular weight is 358 g/mol. The number of hydrogen-bond acceptors (Lipinski definition) is 3. The van der Waals surface area contributed by atoms with E-state index in [9.17, 15) is 9.59 Å². The Balaban J connectivity index is 1.88. The Kier molecular flexibility index (Phi) is 6.31. The average Bonchev–Trinajstić information content (AvgIpc) is 2.55. The largest absolute Gasteiger partial charge is 0.343 e. The van der Waals surface area contributed by atoms with E-state index in [1.165, 1.54) is 11.6 Å². The number of carbonyl (C=O) groups excluding carboxylic acids is 2. The minimum absolute atomic E-state index is 0.172. The standard InChI is InChI=1S/C19H20ClN3O2/c1-12-7-13(2)17(14(3)8-12)10-22-23-18(24)11-21-19(25)15-5-4-6-16(20)9-15/h4-10H,11H2,1-3H3,(H,21,25)(H,23,24)/b22-10-. The van der Waals surface area contributed by atoms with Crippen LogP contribution in [-0.2, 0) is 4.79 Å². The molecule has 0 heterocycles. The van der Waals surface area contributed by atoms with Gasteiger partial charge in [-0.1, -0.05) is 35.4 Å². The van der Waals surface area contributed by atoms with Crippen molar-refractivity contribution in [3.8, 4) is 0 Å². The summed E-state index contributed by atoms with van der Waals surface area (Å²) in [6, 6.07) is 10.6. The topological polar surface area (TPSA) is 70.6 Å². The van der Waals surface area contributed by atoms with E-state index in [1.54, 1.807) is 24.4 Å². The van der Waals surface area contributed by atoms with Gasteiger partial charge in [0.05, 0.1) is 12.8 Å². The molecule has 0 atom stereocenters.